The van der Waals surface area contributed by atoms with E-state index in [0.29, 0.717) is 10.3 Å². The molecule has 0 aliphatic rings. The topological polar surface area (TPSA) is 103 Å². The predicted octanol–water partition coefficient (Wildman–Crippen LogP) is -2.62. The maximum Gasteiger partial charge on any atom is 0.299 e. The van der Waals surface area contributed by atoms with Gasteiger partial charge in [0.25, 0.3) is 10.3 Å². The molecule has 0 unspecified atom stereocenters. The molecule has 0 heterocycles. The standard InChI is InChI=1S/C6H14N4S2/c7-5(8)11-3-1-2-4-12-6(9)10/h1-4H2,(H3,7,8)(H3,9,10)/p+2. The molecule has 0 bridgehead atoms. The molecule has 0 rings (SSSR count). The van der Waals surface area contributed by atoms with Crippen LogP contribution in [0.1, 0.15) is 12.8 Å². The van der Waals surface area contributed by atoms with E-state index in [1.54, 1.807) is 0 Å². The summed E-state index contributed by atoms with van der Waals surface area (Å²) in [7, 11) is 0. The first-order valence-electron chi connectivity index (χ1n) is 3.64. The van der Waals surface area contributed by atoms with Crippen molar-refractivity contribution in [1.29, 1.82) is 0 Å². The van der Waals surface area contributed by atoms with Crippen LogP contribution in [0.15, 0.2) is 0 Å². The minimum atomic E-state index is 0.438. The zero-order chi connectivity index (χ0) is 9.40. The van der Waals surface area contributed by atoms with Crippen molar-refractivity contribution in [2.45, 2.75) is 12.8 Å². The number of thioether (sulfide) groups is 2. The molecule has 12 heavy (non-hydrogen) atoms. The van der Waals surface area contributed by atoms with E-state index in [4.69, 9.17) is 22.3 Å². The van der Waals surface area contributed by atoms with Gasteiger partial charge < -0.3 is 0 Å². The lowest BCUT2D eigenvalue weighted by Gasteiger charge is -1.95. The van der Waals surface area contributed by atoms with E-state index in [9.17, 15) is 0 Å². The predicted molar refractivity (Wildman–Crippen MR) is 56.4 cm³/mol. The number of rotatable bonds is 5. The third kappa shape index (κ3) is 9.64. The molecule has 6 heteroatoms. The molecule has 8 N–H and O–H groups in total. The smallest absolute Gasteiger partial charge is 0.282 e. The van der Waals surface area contributed by atoms with Crippen molar-refractivity contribution in [2.75, 3.05) is 11.5 Å². The van der Waals surface area contributed by atoms with Gasteiger partial charge in [0.15, 0.2) is 0 Å². The van der Waals surface area contributed by atoms with Crippen molar-refractivity contribution < 1.29 is 10.8 Å². The van der Waals surface area contributed by atoms with Crippen LogP contribution in [-0.4, -0.2) is 21.8 Å². The van der Waals surface area contributed by atoms with E-state index in [1.807, 2.05) is 0 Å². The quantitative estimate of drug-likeness (QED) is 0.226. The summed E-state index contributed by atoms with van der Waals surface area (Å²) in [6.45, 7) is 0. The molecule has 0 aliphatic carbocycles. The number of amidine groups is 2. The summed E-state index contributed by atoms with van der Waals surface area (Å²) in [4.78, 5) is 0. The van der Waals surface area contributed by atoms with Gasteiger partial charge in [0.05, 0.1) is 0 Å². The molecule has 0 aromatic carbocycles. The van der Waals surface area contributed by atoms with Crippen LogP contribution in [0, 0.1) is 0 Å². The first-order chi connectivity index (χ1) is 5.63. The van der Waals surface area contributed by atoms with Crippen molar-refractivity contribution in [3.05, 3.63) is 0 Å². The van der Waals surface area contributed by atoms with Gasteiger partial charge in [0.1, 0.15) is 0 Å². The van der Waals surface area contributed by atoms with Crippen molar-refractivity contribution in [3.63, 3.8) is 0 Å². The molecule has 0 amide bonds. The Morgan fingerprint density at radius 3 is 1.50 bits per heavy atom. The van der Waals surface area contributed by atoms with E-state index in [1.165, 1.54) is 23.5 Å². The zero-order valence-corrected chi connectivity index (χ0v) is 8.59. The third-order valence-corrected chi connectivity index (χ3v) is 2.73. The van der Waals surface area contributed by atoms with Crippen LogP contribution in [-0.2, 0) is 0 Å². The average Bonchev–Trinajstić information content (AvgIpc) is 1.95. The highest BCUT2D eigenvalue weighted by atomic mass is 32.2. The second-order valence-corrected chi connectivity index (χ2v) is 4.55. The Morgan fingerprint density at radius 1 is 0.917 bits per heavy atom. The zero-order valence-electron chi connectivity index (χ0n) is 6.95. The Hall–Kier alpha value is -0.360. The summed E-state index contributed by atoms with van der Waals surface area (Å²) in [6, 6.07) is 0. The Bertz CT molecular complexity index is 142. The molecule has 0 aromatic rings. The van der Waals surface area contributed by atoms with Crippen molar-refractivity contribution in [3.8, 4) is 0 Å². The highest BCUT2D eigenvalue weighted by molar-refractivity contribution is 8.13. The molecule has 4 nitrogen and oxygen atoms in total. The fourth-order valence-corrected chi connectivity index (χ4v) is 1.75. The van der Waals surface area contributed by atoms with E-state index in [0.717, 1.165) is 24.3 Å². The molecule has 0 saturated carbocycles. The van der Waals surface area contributed by atoms with Crippen LogP contribution in [0.4, 0.5) is 0 Å². The van der Waals surface area contributed by atoms with Crippen LogP contribution in [0.3, 0.4) is 0 Å². The SMILES string of the molecule is NC(=[NH2+])SCCCCSC(N)=[NH2+]. The summed E-state index contributed by atoms with van der Waals surface area (Å²) in [5.74, 6) is 1.93. The van der Waals surface area contributed by atoms with Gasteiger partial charge in [0, 0.05) is 11.5 Å². The minimum absolute atomic E-state index is 0.438. The van der Waals surface area contributed by atoms with Gasteiger partial charge in [-0.3, -0.25) is 22.3 Å². The van der Waals surface area contributed by atoms with E-state index in [-0.39, 0.29) is 0 Å². The minimum Gasteiger partial charge on any atom is -0.282 e. The van der Waals surface area contributed by atoms with Crippen LogP contribution in [0.25, 0.3) is 0 Å². The molecule has 0 spiro atoms. The monoisotopic (exact) mass is 208 g/mol. The lowest BCUT2D eigenvalue weighted by molar-refractivity contribution is -0.110. The van der Waals surface area contributed by atoms with Crippen LogP contribution in [0.5, 0.6) is 0 Å². The summed E-state index contributed by atoms with van der Waals surface area (Å²) < 4.78 is 0. The van der Waals surface area contributed by atoms with Gasteiger partial charge in [-0.1, -0.05) is 0 Å². The summed E-state index contributed by atoms with van der Waals surface area (Å²) in [5, 5.41) is 11.4. The van der Waals surface area contributed by atoms with Gasteiger partial charge in [-0.2, -0.15) is 0 Å². The molecule has 0 aliphatic heterocycles. The van der Waals surface area contributed by atoms with Crippen LogP contribution in [0.2, 0.25) is 0 Å². The molecular formula is C6H16N4S2+2. The Balaban J connectivity index is 3.01. The first kappa shape index (κ1) is 11.6. The summed E-state index contributed by atoms with van der Waals surface area (Å²) in [5.41, 5.74) is 10.5. The maximum atomic E-state index is 5.26. The van der Waals surface area contributed by atoms with Gasteiger partial charge in [-0.05, 0) is 36.4 Å². The fourth-order valence-electron chi connectivity index (χ4n) is 0.584. The summed E-state index contributed by atoms with van der Waals surface area (Å²) in [6.07, 6.45) is 2.17. The fraction of sp³-hybridized carbons (Fsp3) is 0.667. The van der Waals surface area contributed by atoms with E-state index >= 15 is 0 Å². The van der Waals surface area contributed by atoms with Gasteiger partial charge in [-0.25, -0.2) is 0 Å². The van der Waals surface area contributed by atoms with Crippen molar-refractivity contribution in [1.82, 2.24) is 0 Å². The van der Waals surface area contributed by atoms with E-state index < -0.39 is 0 Å². The highest BCUT2D eigenvalue weighted by Crippen LogP contribution is 2.06. The van der Waals surface area contributed by atoms with Crippen LogP contribution < -0.4 is 22.3 Å². The molecule has 0 saturated heterocycles. The number of unbranched alkanes of at least 4 members (excludes halogenated alkanes) is 1. The molecule has 0 radical (unpaired) electrons. The van der Waals surface area contributed by atoms with Gasteiger partial charge >= 0.3 is 0 Å². The highest BCUT2D eigenvalue weighted by Gasteiger charge is 1.98. The number of nitrogens with two attached hydrogens (primary N) is 4. The largest absolute Gasteiger partial charge is 0.299 e. The van der Waals surface area contributed by atoms with Gasteiger partial charge in [0.2, 0.25) is 0 Å². The average molecular weight is 208 g/mol. The molecule has 0 aromatic heterocycles. The Kier molecular flexibility index (Phi) is 7.08. The Morgan fingerprint density at radius 2 is 1.25 bits per heavy atom. The Labute approximate surface area is 80.9 Å². The number of hydrogen-bond donors (Lipinski definition) is 4. The van der Waals surface area contributed by atoms with Crippen LogP contribution >= 0.6 is 23.5 Å². The molecular weight excluding hydrogens is 192 g/mol. The normalized spacial score (nSPS) is 9.67. The summed E-state index contributed by atoms with van der Waals surface area (Å²) >= 11 is 2.97. The molecule has 70 valence electrons. The number of hydrogen-bond acceptors (Lipinski definition) is 2. The van der Waals surface area contributed by atoms with Crippen molar-refractivity contribution >= 4 is 33.9 Å². The first-order valence-corrected chi connectivity index (χ1v) is 5.61. The second-order valence-electron chi connectivity index (χ2n) is 2.21. The second kappa shape index (κ2) is 7.30. The molecule has 0 atom stereocenters. The van der Waals surface area contributed by atoms with Gasteiger partial charge in [-0.15, -0.1) is 0 Å². The van der Waals surface area contributed by atoms with Crippen molar-refractivity contribution in [2.24, 2.45) is 11.5 Å². The third-order valence-electron chi connectivity index (χ3n) is 1.08. The lowest BCUT2D eigenvalue weighted by atomic mass is 10.4. The van der Waals surface area contributed by atoms with E-state index in [2.05, 4.69) is 0 Å². The maximum absolute atomic E-state index is 5.26. The molecule has 0 fully saturated rings. The lowest BCUT2D eigenvalue weighted by Crippen LogP contribution is -2.43.